The van der Waals surface area contributed by atoms with E-state index in [0.29, 0.717) is 6.04 Å². The van der Waals surface area contributed by atoms with Gasteiger partial charge in [0.15, 0.2) is 0 Å². The largest absolute Gasteiger partial charge is 0.271 e. The molecule has 0 aromatic rings. The zero-order valence-electron chi connectivity index (χ0n) is 9.18. The molecule has 0 heterocycles. The van der Waals surface area contributed by atoms with Crippen molar-refractivity contribution in [1.82, 2.24) is 5.43 Å². The van der Waals surface area contributed by atoms with Crippen LogP contribution in [0.2, 0.25) is 0 Å². The van der Waals surface area contributed by atoms with Gasteiger partial charge in [-0.2, -0.15) is 11.8 Å². The highest BCUT2D eigenvalue weighted by Gasteiger charge is 2.06. The molecule has 0 fully saturated rings. The minimum Gasteiger partial charge on any atom is -0.271 e. The Labute approximate surface area is 87.0 Å². The van der Waals surface area contributed by atoms with Crippen molar-refractivity contribution < 1.29 is 0 Å². The molecule has 1 atom stereocenters. The summed E-state index contributed by atoms with van der Waals surface area (Å²) in [4.78, 5) is 0. The maximum Gasteiger partial charge on any atom is 0.0301 e. The van der Waals surface area contributed by atoms with Crippen LogP contribution < -0.4 is 11.3 Å². The first kappa shape index (κ1) is 13.3. The molecule has 0 saturated heterocycles. The summed E-state index contributed by atoms with van der Waals surface area (Å²) in [6.45, 7) is 6.73. The topological polar surface area (TPSA) is 38.0 Å². The fourth-order valence-corrected chi connectivity index (χ4v) is 2.12. The minimum atomic E-state index is 0.499. The maximum atomic E-state index is 5.48. The van der Waals surface area contributed by atoms with Crippen molar-refractivity contribution >= 4 is 11.8 Å². The van der Waals surface area contributed by atoms with Gasteiger partial charge in [-0.25, -0.2) is 0 Å². The summed E-state index contributed by atoms with van der Waals surface area (Å²) < 4.78 is 0. The van der Waals surface area contributed by atoms with Gasteiger partial charge in [0.05, 0.1) is 0 Å². The molecule has 0 radical (unpaired) electrons. The SMILES string of the molecule is CCCSCC(CCC(C)C)NN. The Balaban J connectivity index is 3.39. The standard InChI is InChI=1S/C10H24N2S/c1-4-7-13-8-10(12-11)6-5-9(2)3/h9-10,12H,4-8,11H2,1-3H3. The predicted molar refractivity (Wildman–Crippen MR) is 62.8 cm³/mol. The smallest absolute Gasteiger partial charge is 0.0301 e. The van der Waals surface area contributed by atoms with E-state index in [-0.39, 0.29) is 0 Å². The average Bonchev–Trinajstić information content (AvgIpc) is 2.10. The summed E-state index contributed by atoms with van der Waals surface area (Å²) in [5.74, 6) is 8.66. The van der Waals surface area contributed by atoms with Crippen LogP contribution >= 0.6 is 11.8 Å². The Kier molecular flexibility index (Phi) is 9.03. The molecule has 1 unspecified atom stereocenters. The molecule has 13 heavy (non-hydrogen) atoms. The molecule has 2 nitrogen and oxygen atoms in total. The molecule has 0 aliphatic carbocycles. The summed E-state index contributed by atoms with van der Waals surface area (Å²) in [6, 6.07) is 0.499. The van der Waals surface area contributed by atoms with Crippen molar-refractivity contribution in [2.75, 3.05) is 11.5 Å². The van der Waals surface area contributed by atoms with Crippen LogP contribution in [0.3, 0.4) is 0 Å². The van der Waals surface area contributed by atoms with Crippen LogP contribution in [0, 0.1) is 5.92 Å². The second-order valence-electron chi connectivity index (χ2n) is 3.91. The Bertz CT molecular complexity index is 107. The van der Waals surface area contributed by atoms with E-state index < -0.39 is 0 Å². The lowest BCUT2D eigenvalue weighted by Crippen LogP contribution is -2.37. The molecule has 80 valence electrons. The highest BCUT2D eigenvalue weighted by atomic mass is 32.2. The zero-order valence-corrected chi connectivity index (χ0v) is 9.99. The van der Waals surface area contributed by atoms with Gasteiger partial charge in [-0.15, -0.1) is 0 Å². The van der Waals surface area contributed by atoms with Crippen molar-refractivity contribution in [3.63, 3.8) is 0 Å². The maximum absolute atomic E-state index is 5.48. The van der Waals surface area contributed by atoms with Crippen LogP contribution in [0.25, 0.3) is 0 Å². The fraction of sp³-hybridized carbons (Fsp3) is 1.00. The molecule has 0 aromatic carbocycles. The number of nitrogens with two attached hydrogens (primary N) is 1. The molecular formula is C10H24N2S. The highest BCUT2D eigenvalue weighted by Crippen LogP contribution is 2.11. The van der Waals surface area contributed by atoms with E-state index >= 15 is 0 Å². The molecule has 0 aliphatic rings. The highest BCUT2D eigenvalue weighted by molar-refractivity contribution is 7.99. The lowest BCUT2D eigenvalue weighted by Gasteiger charge is -2.16. The number of hydrazine groups is 1. The molecule has 3 heteroatoms. The fourth-order valence-electron chi connectivity index (χ4n) is 1.12. The molecular weight excluding hydrogens is 180 g/mol. The third-order valence-electron chi connectivity index (χ3n) is 2.00. The lowest BCUT2D eigenvalue weighted by molar-refractivity contribution is 0.464. The quantitative estimate of drug-likeness (QED) is 0.362. The van der Waals surface area contributed by atoms with Gasteiger partial charge >= 0.3 is 0 Å². The van der Waals surface area contributed by atoms with Gasteiger partial charge in [-0.3, -0.25) is 11.3 Å². The Morgan fingerprint density at radius 2 is 2.00 bits per heavy atom. The van der Waals surface area contributed by atoms with Crippen molar-refractivity contribution in [3.05, 3.63) is 0 Å². The zero-order chi connectivity index (χ0) is 10.1. The van der Waals surface area contributed by atoms with E-state index in [1.54, 1.807) is 0 Å². The molecule has 0 spiro atoms. The second kappa shape index (κ2) is 8.85. The van der Waals surface area contributed by atoms with Gasteiger partial charge in [0.1, 0.15) is 0 Å². The summed E-state index contributed by atoms with van der Waals surface area (Å²) in [7, 11) is 0. The first-order valence-corrected chi connectivity index (χ1v) is 6.40. The van der Waals surface area contributed by atoms with Crippen LogP contribution in [-0.2, 0) is 0 Å². The number of hydrogen-bond donors (Lipinski definition) is 2. The third-order valence-corrected chi connectivity index (χ3v) is 3.33. The molecule has 0 aromatic heterocycles. The molecule has 3 N–H and O–H groups in total. The predicted octanol–water partition coefficient (Wildman–Crippen LogP) is 2.40. The van der Waals surface area contributed by atoms with E-state index in [2.05, 4.69) is 26.2 Å². The van der Waals surface area contributed by atoms with Crippen LogP contribution in [0.15, 0.2) is 0 Å². The number of nitrogens with one attached hydrogen (secondary N) is 1. The van der Waals surface area contributed by atoms with E-state index in [1.807, 2.05) is 11.8 Å². The van der Waals surface area contributed by atoms with Crippen LogP contribution in [-0.4, -0.2) is 17.5 Å². The van der Waals surface area contributed by atoms with Gasteiger partial charge in [-0.1, -0.05) is 20.8 Å². The van der Waals surface area contributed by atoms with Gasteiger partial charge in [0, 0.05) is 11.8 Å². The first-order chi connectivity index (χ1) is 6.20. The Hall–Kier alpha value is 0.270. The van der Waals surface area contributed by atoms with Crippen molar-refractivity contribution in [2.45, 2.75) is 46.1 Å². The van der Waals surface area contributed by atoms with E-state index in [4.69, 9.17) is 5.84 Å². The van der Waals surface area contributed by atoms with Gasteiger partial charge in [0.25, 0.3) is 0 Å². The summed E-state index contributed by atoms with van der Waals surface area (Å²) in [6.07, 6.45) is 3.72. The van der Waals surface area contributed by atoms with E-state index in [9.17, 15) is 0 Å². The molecule has 0 saturated carbocycles. The minimum absolute atomic E-state index is 0.499. The number of rotatable bonds is 8. The molecule has 0 aliphatic heterocycles. The average molecular weight is 204 g/mol. The molecule has 0 bridgehead atoms. The van der Waals surface area contributed by atoms with Crippen LogP contribution in [0.4, 0.5) is 0 Å². The van der Waals surface area contributed by atoms with Crippen LogP contribution in [0.5, 0.6) is 0 Å². The number of hydrogen-bond acceptors (Lipinski definition) is 3. The van der Waals surface area contributed by atoms with Crippen LogP contribution in [0.1, 0.15) is 40.0 Å². The molecule has 0 amide bonds. The number of thioether (sulfide) groups is 1. The van der Waals surface area contributed by atoms with E-state index in [1.165, 1.54) is 25.0 Å². The normalized spacial score (nSPS) is 13.6. The lowest BCUT2D eigenvalue weighted by atomic mass is 10.0. The van der Waals surface area contributed by atoms with Gasteiger partial charge < -0.3 is 0 Å². The summed E-state index contributed by atoms with van der Waals surface area (Å²) in [5.41, 5.74) is 2.90. The van der Waals surface area contributed by atoms with Crippen molar-refractivity contribution in [3.8, 4) is 0 Å². The Morgan fingerprint density at radius 3 is 2.46 bits per heavy atom. The van der Waals surface area contributed by atoms with Crippen molar-refractivity contribution in [2.24, 2.45) is 11.8 Å². The van der Waals surface area contributed by atoms with Gasteiger partial charge in [-0.05, 0) is 30.9 Å². The van der Waals surface area contributed by atoms with Crippen molar-refractivity contribution in [1.29, 1.82) is 0 Å². The third kappa shape index (κ3) is 8.60. The molecule has 0 rings (SSSR count). The van der Waals surface area contributed by atoms with Gasteiger partial charge in [0.2, 0.25) is 0 Å². The summed E-state index contributed by atoms with van der Waals surface area (Å²) in [5, 5.41) is 0. The Morgan fingerprint density at radius 1 is 1.31 bits per heavy atom. The monoisotopic (exact) mass is 204 g/mol. The summed E-state index contributed by atoms with van der Waals surface area (Å²) >= 11 is 2.00. The van der Waals surface area contributed by atoms with E-state index in [0.717, 1.165) is 11.7 Å². The second-order valence-corrected chi connectivity index (χ2v) is 5.06. The first-order valence-electron chi connectivity index (χ1n) is 5.24.